The smallest absolute Gasteiger partial charge is 0.235 e. The van der Waals surface area contributed by atoms with E-state index in [2.05, 4.69) is 15.3 Å². The van der Waals surface area contributed by atoms with Crippen LogP contribution >= 0.6 is 11.3 Å². The third-order valence-corrected chi connectivity index (χ3v) is 5.65. The van der Waals surface area contributed by atoms with Gasteiger partial charge in [0.1, 0.15) is 5.00 Å². The fourth-order valence-corrected chi connectivity index (χ4v) is 4.25. The molecule has 2 heterocycles. The molecule has 2 aliphatic rings. The van der Waals surface area contributed by atoms with Crippen LogP contribution in [0.4, 0.5) is 5.00 Å². The number of aromatic nitrogens is 2. The molecule has 5 heteroatoms. The van der Waals surface area contributed by atoms with Gasteiger partial charge < -0.3 is 5.32 Å². The van der Waals surface area contributed by atoms with Crippen molar-refractivity contribution < 1.29 is 4.79 Å². The number of pyridine rings is 1. The maximum absolute atomic E-state index is 13.1. The van der Waals surface area contributed by atoms with Gasteiger partial charge in [-0.15, -0.1) is 11.3 Å². The first-order valence-corrected chi connectivity index (χ1v) is 8.83. The molecule has 1 amide bonds. The molecule has 2 fully saturated rings. The van der Waals surface area contributed by atoms with Crippen LogP contribution in [0, 0.1) is 0 Å². The Labute approximate surface area is 134 Å². The van der Waals surface area contributed by atoms with Crippen molar-refractivity contribution in [2.24, 2.45) is 0 Å². The molecule has 2 aromatic rings. The Morgan fingerprint density at radius 2 is 2.14 bits per heavy atom. The molecule has 0 unspecified atom stereocenters. The van der Waals surface area contributed by atoms with E-state index in [9.17, 15) is 4.79 Å². The summed E-state index contributed by atoms with van der Waals surface area (Å²) < 4.78 is 0. The van der Waals surface area contributed by atoms with Crippen LogP contribution in [0.25, 0.3) is 0 Å². The highest BCUT2D eigenvalue weighted by atomic mass is 32.1. The minimum absolute atomic E-state index is 0.115. The maximum Gasteiger partial charge on any atom is 0.235 e. The first-order chi connectivity index (χ1) is 10.8. The second kappa shape index (κ2) is 5.47. The average Bonchev–Trinajstić information content (AvgIpc) is 3.09. The second-order valence-electron chi connectivity index (χ2n) is 6.33. The summed E-state index contributed by atoms with van der Waals surface area (Å²) in [7, 11) is 0. The van der Waals surface area contributed by atoms with Gasteiger partial charge in [0.2, 0.25) is 5.91 Å². The lowest BCUT2D eigenvalue weighted by Crippen LogP contribution is -2.38. The van der Waals surface area contributed by atoms with Crippen molar-refractivity contribution in [2.45, 2.75) is 49.9 Å². The second-order valence-corrected chi connectivity index (χ2v) is 7.18. The van der Waals surface area contributed by atoms with Crippen molar-refractivity contribution in [2.75, 3.05) is 5.32 Å². The zero-order valence-corrected chi connectivity index (χ0v) is 13.2. The van der Waals surface area contributed by atoms with Gasteiger partial charge in [-0.1, -0.05) is 18.9 Å². The van der Waals surface area contributed by atoms with Gasteiger partial charge in [0.25, 0.3) is 0 Å². The van der Waals surface area contributed by atoms with Crippen LogP contribution in [0.2, 0.25) is 0 Å². The van der Waals surface area contributed by atoms with Gasteiger partial charge in [-0.25, -0.2) is 4.98 Å². The van der Waals surface area contributed by atoms with Crippen LogP contribution in [-0.4, -0.2) is 15.9 Å². The van der Waals surface area contributed by atoms with E-state index in [1.54, 1.807) is 17.5 Å². The summed E-state index contributed by atoms with van der Waals surface area (Å²) in [6.07, 6.45) is 10.0. The first-order valence-electron chi connectivity index (χ1n) is 7.95. The quantitative estimate of drug-likeness (QED) is 0.932. The number of carbonyl (C=O) groups excluding carboxylic acids is 1. The highest BCUT2D eigenvalue weighted by molar-refractivity contribution is 7.14. The Bertz CT molecular complexity index is 672. The van der Waals surface area contributed by atoms with Crippen LogP contribution in [0.5, 0.6) is 0 Å². The summed E-state index contributed by atoms with van der Waals surface area (Å²) in [4.78, 5) is 21.7. The molecule has 2 saturated carbocycles. The number of anilines is 1. The molecule has 4 nitrogen and oxygen atoms in total. The normalized spacial score (nSPS) is 20.0. The molecule has 0 aromatic carbocycles. The summed E-state index contributed by atoms with van der Waals surface area (Å²) in [5, 5.41) is 4.13. The summed E-state index contributed by atoms with van der Waals surface area (Å²) in [5.41, 5.74) is 3.55. The van der Waals surface area contributed by atoms with E-state index in [-0.39, 0.29) is 5.91 Å². The minimum atomic E-state index is -0.418. The van der Waals surface area contributed by atoms with E-state index in [0.29, 0.717) is 5.92 Å². The van der Waals surface area contributed by atoms with E-state index in [4.69, 9.17) is 0 Å². The fraction of sp³-hybridized carbons (Fsp3) is 0.471. The molecule has 0 saturated heterocycles. The van der Waals surface area contributed by atoms with Gasteiger partial charge in [-0.2, -0.15) is 0 Å². The van der Waals surface area contributed by atoms with Crippen molar-refractivity contribution in [1.82, 2.24) is 9.97 Å². The number of amides is 1. The van der Waals surface area contributed by atoms with E-state index in [1.807, 2.05) is 23.8 Å². The molecule has 0 aliphatic heterocycles. The summed E-state index contributed by atoms with van der Waals surface area (Å²) in [5.74, 6) is 0.670. The predicted octanol–water partition coefficient (Wildman–Crippen LogP) is 3.87. The standard InChI is InChI=1S/C17H19N3OS/c21-16(20-15-14(12-5-6-12)19-11-22-15)17(7-1-2-8-17)13-4-3-9-18-10-13/h3-4,9-12H,1-2,5-8H2,(H,20,21). The lowest BCUT2D eigenvalue weighted by Gasteiger charge is -2.27. The predicted molar refractivity (Wildman–Crippen MR) is 87.1 cm³/mol. The fourth-order valence-electron chi connectivity index (χ4n) is 3.49. The Morgan fingerprint density at radius 1 is 1.32 bits per heavy atom. The summed E-state index contributed by atoms with van der Waals surface area (Å²) in [6, 6.07) is 3.96. The van der Waals surface area contributed by atoms with Gasteiger partial charge in [-0.05, 0) is 37.3 Å². The molecule has 4 rings (SSSR count). The molecule has 2 aliphatic carbocycles. The van der Waals surface area contributed by atoms with Crippen LogP contribution in [-0.2, 0) is 10.2 Å². The summed E-state index contributed by atoms with van der Waals surface area (Å²) >= 11 is 1.54. The van der Waals surface area contributed by atoms with Gasteiger partial charge in [0.15, 0.2) is 0 Å². The number of thiazole rings is 1. The molecule has 22 heavy (non-hydrogen) atoms. The maximum atomic E-state index is 13.1. The van der Waals surface area contributed by atoms with Gasteiger partial charge in [0.05, 0.1) is 16.6 Å². The van der Waals surface area contributed by atoms with Gasteiger partial charge in [0, 0.05) is 18.3 Å². The SMILES string of the molecule is O=C(Nc1scnc1C1CC1)C1(c2cccnc2)CCCC1. The molecule has 1 N–H and O–H groups in total. The molecular weight excluding hydrogens is 294 g/mol. The molecule has 0 bridgehead atoms. The highest BCUT2D eigenvalue weighted by Crippen LogP contribution is 2.46. The van der Waals surface area contributed by atoms with Crippen molar-refractivity contribution >= 4 is 22.2 Å². The van der Waals surface area contributed by atoms with Crippen molar-refractivity contribution in [3.8, 4) is 0 Å². The van der Waals surface area contributed by atoms with E-state index < -0.39 is 5.41 Å². The van der Waals surface area contributed by atoms with Crippen molar-refractivity contribution in [1.29, 1.82) is 0 Å². The lowest BCUT2D eigenvalue weighted by molar-refractivity contribution is -0.121. The Hall–Kier alpha value is -1.75. The van der Waals surface area contributed by atoms with Crippen LogP contribution in [0.15, 0.2) is 30.0 Å². The zero-order chi connectivity index (χ0) is 15.0. The molecular formula is C17H19N3OS. The average molecular weight is 313 g/mol. The lowest BCUT2D eigenvalue weighted by atomic mass is 9.79. The topological polar surface area (TPSA) is 54.9 Å². The summed E-state index contributed by atoms with van der Waals surface area (Å²) in [6.45, 7) is 0. The molecule has 2 aromatic heterocycles. The number of carbonyl (C=O) groups is 1. The Morgan fingerprint density at radius 3 is 2.82 bits per heavy atom. The third kappa shape index (κ3) is 2.33. The van der Waals surface area contributed by atoms with Crippen molar-refractivity contribution in [3.05, 3.63) is 41.3 Å². The minimum Gasteiger partial charge on any atom is -0.315 e. The van der Waals surface area contributed by atoms with Gasteiger partial charge in [-0.3, -0.25) is 9.78 Å². The van der Waals surface area contributed by atoms with Gasteiger partial charge >= 0.3 is 0 Å². The monoisotopic (exact) mass is 313 g/mol. The number of hydrogen-bond acceptors (Lipinski definition) is 4. The number of nitrogens with one attached hydrogen (secondary N) is 1. The first kappa shape index (κ1) is 13.9. The number of rotatable bonds is 4. The zero-order valence-electron chi connectivity index (χ0n) is 12.4. The molecule has 0 spiro atoms. The van der Waals surface area contributed by atoms with E-state index in [0.717, 1.165) is 41.9 Å². The van der Waals surface area contributed by atoms with E-state index in [1.165, 1.54) is 12.8 Å². The van der Waals surface area contributed by atoms with Crippen molar-refractivity contribution in [3.63, 3.8) is 0 Å². The van der Waals surface area contributed by atoms with E-state index >= 15 is 0 Å². The van der Waals surface area contributed by atoms with Crippen LogP contribution in [0.3, 0.4) is 0 Å². The molecule has 114 valence electrons. The highest BCUT2D eigenvalue weighted by Gasteiger charge is 2.43. The molecule has 0 atom stereocenters. The Balaban J connectivity index is 1.63. The third-order valence-electron chi connectivity index (χ3n) is 4.89. The molecule has 0 radical (unpaired) electrons. The Kier molecular flexibility index (Phi) is 3.45. The number of hydrogen-bond donors (Lipinski definition) is 1. The largest absolute Gasteiger partial charge is 0.315 e. The van der Waals surface area contributed by atoms with Crippen LogP contribution < -0.4 is 5.32 Å². The van der Waals surface area contributed by atoms with Crippen LogP contribution in [0.1, 0.15) is 55.7 Å². The number of nitrogens with zero attached hydrogens (tertiary/aromatic N) is 2.